The first-order valence-corrected chi connectivity index (χ1v) is 10.0. The molecule has 0 radical (unpaired) electrons. The Kier molecular flexibility index (Phi) is 8.78. The van der Waals surface area contributed by atoms with Crippen LogP contribution in [-0.4, -0.2) is 54.9 Å². The van der Waals surface area contributed by atoms with Gasteiger partial charge in [0.25, 0.3) is 0 Å². The third-order valence-electron chi connectivity index (χ3n) is 4.76. The smallest absolute Gasteiger partial charge is 0.191 e. The number of nitrogens with one attached hydrogen (secondary N) is 2. The summed E-state index contributed by atoms with van der Waals surface area (Å²) in [7, 11) is 0. The van der Waals surface area contributed by atoms with Crippen LogP contribution >= 0.6 is 0 Å². The highest BCUT2D eigenvalue weighted by Crippen LogP contribution is 2.21. The van der Waals surface area contributed by atoms with Crippen LogP contribution in [-0.2, 0) is 0 Å². The van der Waals surface area contributed by atoms with Crippen molar-refractivity contribution in [1.29, 1.82) is 0 Å². The molecule has 1 aromatic rings. The third-order valence-corrected chi connectivity index (χ3v) is 4.76. The topological polar surface area (TPSA) is 72.8 Å². The molecule has 1 aliphatic rings. The van der Waals surface area contributed by atoms with E-state index in [1.54, 1.807) is 12.3 Å². The number of halogens is 1. The summed E-state index contributed by atoms with van der Waals surface area (Å²) in [5, 5.41) is 16.1. The van der Waals surface area contributed by atoms with E-state index >= 15 is 0 Å². The maximum Gasteiger partial charge on any atom is 0.191 e. The highest BCUT2D eigenvalue weighted by molar-refractivity contribution is 5.80. The van der Waals surface area contributed by atoms with Gasteiger partial charge >= 0.3 is 0 Å². The molecular weight excluding hydrogens is 345 g/mol. The normalized spacial score (nSPS) is 18.8. The largest absolute Gasteiger partial charge is 0.396 e. The Labute approximate surface area is 162 Å². The second-order valence-electron chi connectivity index (χ2n) is 7.61. The third kappa shape index (κ3) is 6.97. The Balaban J connectivity index is 1.94. The summed E-state index contributed by atoms with van der Waals surface area (Å²) in [5.41, 5.74) is 0. The minimum Gasteiger partial charge on any atom is -0.396 e. The molecule has 152 valence electrons. The van der Waals surface area contributed by atoms with E-state index in [2.05, 4.69) is 29.5 Å². The van der Waals surface area contributed by atoms with Crippen molar-refractivity contribution in [3.8, 4) is 0 Å². The number of pyridine rings is 1. The molecule has 0 saturated carbocycles. The number of guanidine groups is 1. The summed E-state index contributed by atoms with van der Waals surface area (Å²) in [6, 6.07) is 3.26. The van der Waals surface area contributed by atoms with Gasteiger partial charge in [0, 0.05) is 45.0 Å². The minimum absolute atomic E-state index is 0.199. The Morgan fingerprint density at radius 3 is 2.96 bits per heavy atom. The average molecular weight is 380 g/mol. The fourth-order valence-electron chi connectivity index (χ4n) is 3.55. The van der Waals surface area contributed by atoms with E-state index in [4.69, 9.17) is 4.99 Å². The molecule has 1 aromatic heterocycles. The van der Waals surface area contributed by atoms with Gasteiger partial charge in [-0.1, -0.05) is 13.8 Å². The number of aromatic nitrogens is 1. The fourth-order valence-corrected chi connectivity index (χ4v) is 3.55. The first-order chi connectivity index (χ1) is 13.0. The number of anilines is 1. The Morgan fingerprint density at radius 2 is 2.30 bits per heavy atom. The highest BCUT2D eigenvalue weighted by atomic mass is 19.1. The molecule has 7 heteroatoms. The van der Waals surface area contributed by atoms with E-state index in [9.17, 15) is 9.50 Å². The molecule has 0 spiro atoms. The minimum atomic E-state index is -0.278. The SMILES string of the molecule is CCNC(=NCC(CCO)CC(C)C)NC1CCN(c2ncccc2F)C1. The summed E-state index contributed by atoms with van der Waals surface area (Å²) in [6.07, 6.45) is 4.37. The molecule has 2 unspecified atom stereocenters. The summed E-state index contributed by atoms with van der Waals surface area (Å²) in [5.74, 6) is 1.90. The predicted molar refractivity (Wildman–Crippen MR) is 109 cm³/mol. The first kappa shape index (κ1) is 21.4. The second kappa shape index (κ2) is 11.1. The van der Waals surface area contributed by atoms with Crippen LogP contribution in [0.25, 0.3) is 0 Å². The van der Waals surface area contributed by atoms with Gasteiger partial charge in [0.05, 0.1) is 0 Å². The number of aliphatic imine (C=N–C) groups is 1. The van der Waals surface area contributed by atoms with E-state index in [0.717, 1.165) is 38.3 Å². The molecule has 0 bridgehead atoms. The van der Waals surface area contributed by atoms with Gasteiger partial charge in [-0.3, -0.25) is 4.99 Å². The van der Waals surface area contributed by atoms with E-state index in [0.29, 0.717) is 30.7 Å². The molecule has 2 heterocycles. The van der Waals surface area contributed by atoms with Crippen molar-refractivity contribution in [1.82, 2.24) is 15.6 Å². The fraction of sp³-hybridized carbons (Fsp3) is 0.700. The molecule has 27 heavy (non-hydrogen) atoms. The number of aliphatic hydroxyl groups excluding tert-OH is 1. The lowest BCUT2D eigenvalue weighted by molar-refractivity contribution is 0.245. The zero-order valence-corrected chi connectivity index (χ0v) is 16.8. The van der Waals surface area contributed by atoms with E-state index in [1.807, 2.05) is 11.8 Å². The van der Waals surface area contributed by atoms with Crippen molar-refractivity contribution in [2.75, 3.05) is 37.7 Å². The molecule has 6 nitrogen and oxygen atoms in total. The van der Waals surface area contributed by atoms with Crippen LogP contribution in [0.2, 0.25) is 0 Å². The van der Waals surface area contributed by atoms with Gasteiger partial charge in [0.15, 0.2) is 17.6 Å². The van der Waals surface area contributed by atoms with Crippen LogP contribution in [0.5, 0.6) is 0 Å². The lowest BCUT2D eigenvalue weighted by Gasteiger charge is -2.21. The zero-order chi connectivity index (χ0) is 19.6. The van der Waals surface area contributed by atoms with Crippen molar-refractivity contribution >= 4 is 11.8 Å². The van der Waals surface area contributed by atoms with Crippen molar-refractivity contribution in [3.63, 3.8) is 0 Å². The monoisotopic (exact) mass is 379 g/mol. The summed E-state index contributed by atoms with van der Waals surface area (Å²) in [4.78, 5) is 10.9. The molecule has 2 rings (SSSR count). The van der Waals surface area contributed by atoms with Gasteiger partial charge < -0.3 is 20.6 Å². The maximum atomic E-state index is 14.0. The molecule has 1 saturated heterocycles. The summed E-state index contributed by atoms with van der Waals surface area (Å²) < 4.78 is 14.0. The lowest BCUT2D eigenvalue weighted by atomic mass is 9.94. The first-order valence-electron chi connectivity index (χ1n) is 10.0. The van der Waals surface area contributed by atoms with Crippen LogP contribution in [0.1, 0.15) is 40.0 Å². The Hall–Kier alpha value is -1.89. The number of hydrogen-bond acceptors (Lipinski definition) is 4. The molecule has 3 N–H and O–H groups in total. The van der Waals surface area contributed by atoms with Gasteiger partial charge in [-0.15, -0.1) is 0 Å². The molecule has 1 fully saturated rings. The molecule has 0 aliphatic carbocycles. The van der Waals surface area contributed by atoms with Crippen LogP contribution in [0.4, 0.5) is 10.2 Å². The number of hydrogen-bond donors (Lipinski definition) is 3. The van der Waals surface area contributed by atoms with Crippen LogP contribution < -0.4 is 15.5 Å². The van der Waals surface area contributed by atoms with Gasteiger partial charge in [-0.05, 0) is 50.2 Å². The van der Waals surface area contributed by atoms with E-state index in [1.165, 1.54) is 6.07 Å². The average Bonchev–Trinajstić information content (AvgIpc) is 3.08. The highest BCUT2D eigenvalue weighted by Gasteiger charge is 2.26. The van der Waals surface area contributed by atoms with Gasteiger partial charge in [-0.25, -0.2) is 9.37 Å². The number of aliphatic hydroxyl groups is 1. The maximum absolute atomic E-state index is 14.0. The molecule has 0 aromatic carbocycles. The van der Waals surface area contributed by atoms with Gasteiger partial charge in [0.1, 0.15) is 0 Å². The molecular formula is C20H34FN5O. The van der Waals surface area contributed by atoms with Crippen LogP contribution in [0.3, 0.4) is 0 Å². The summed E-state index contributed by atoms with van der Waals surface area (Å²) in [6.45, 7) is 9.58. The standard InChI is InChI=1S/C20H34FN5O/c1-4-22-20(24-13-16(8-11-27)12-15(2)3)25-17-7-10-26(14-17)19-18(21)6-5-9-23-19/h5-6,9,15-17,27H,4,7-8,10-14H2,1-3H3,(H2,22,24,25). The molecule has 1 aliphatic heterocycles. The second-order valence-corrected chi connectivity index (χ2v) is 7.61. The predicted octanol–water partition coefficient (Wildman–Crippen LogP) is 2.40. The van der Waals surface area contributed by atoms with Crippen molar-refractivity contribution < 1.29 is 9.50 Å². The van der Waals surface area contributed by atoms with Gasteiger partial charge in [0.2, 0.25) is 0 Å². The summed E-state index contributed by atoms with van der Waals surface area (Å²) >= 11 is 0. The van der Waals surface area contributed by atoms with Crippen molar-refractivity contribution in [2.24, 2.45) is 16.8 Å². The van der Waals surface area contributed by atoms with E-state index in [-0.39, 0.29) is 18.5 Å². The quantitative estimate of drug-likeness (QED) is 0.454. The van der Waals surface area contributed by atoms with Crippen molar-refractivity contribution in [3.05, 3.63) is 24.1 Å². The molecule has 2 atom stereocenters. The van der Waals surface area contributed by atoms with Crippen LogP contribution in [0, 0.1) is 17.7 Å². The van der Waals surface area contributed by atoms with E-state index < -0.39 is 0 Å². The Morgan fingerprint density at radius 1 is 1.48 bits per heavy atom. The van der Waals surface area contributed by atoms with Crippen LogP contribution in [0.15, 0.2) is 23.3 Å². The molecule has 0 amide bonds. The van der Waals surface area contributed by atoms with Gasteiger partial charge in [-0.2, -0.15) is 0 Å². The van der Waals surface area contributed by atoms with Crippen molar-refractivity contribution in [2.45, 2.75) is 46.1 Å². The number of rotatable bonds is 9. The zero-order valence-electron chi connectivity index (χ0n) is 16.8. The lowest BCUT2D eigenvalue weighted by Crippen LogP contribution is -2.45. The number of nitrogens with zero attached hydrogens (tertiary/aromatic N) is 3. The Bertz CT molecular complexity index is 595.